The van der Waals surface area contributed by atoms with E-state index in [1.54, 1.807) is 6.07 Å². The van der Waals surface area contributed by atoms with Gasteiger partial charge in [-0.3, -0.25) is 4.90 Å². The van der Waals surface area contributed by atoms with Crippen LogP contribution in [0.2, 0.25) is 0 Å². The monoisotopic (exact) mass is 394 g/mol. The Kier molecular flexibility index (Phi) is 5.93. The molecule has 0 spiro atoms. The van der Waals surface area contributed by atoms with Crippen LogP contribution in [-0.4, -0.2) is 50.5 Å². The van der Waals surface area contributed by atoms with Gasteiger partial charge in [0.05, 0.1) is 4.90 Å². The highest BCUT2D eigenvalue weighted by Gasteiger charge is 2.28. The molecule has 2 fully saturated rings. The second-order valence-corrected chi connectivity index (χ2v) is 10.9. The molecule has 4 rings (SSSR count). The molecule has 0 unspecified atom stereocenters. The van der Waals surface area contributed by atoms with Gasteiger partial charge in [0.1, 0.15) is 0 Å². The zero-order chi connectivity index (χ0) is 18.0. The van der Waals surface area contributed by atoms with E-state index in [1.807, 2.05) is 12.1 Å². The van der Waals surface area contributed by atoms with Gasteiger partial charge in [-0.25, -0.2) is 13.1 Å². The largest absolute Gasteiger partial charge is 0.300 e. The number of nitrogens with zero attached hydrogens (tertiary/aromatic N) is 1. The molecule has 0 radical (unpaired) electrons. The molecule has 3 aliphatic rings. The maximum atomic E-state index is 12.7. The Labute approximate surface area is 162 Å². The molecule has 144 valence electrons. The normalized spacial score (nSPS) is 25.3. The number of aryl methyl sites for hydroxylation is 2. The summed E-state index contributed by atoms with van der Waals surface area (Å²) < 4.78 is 28.3. The highest BCUT2D eigenvalue weighted by Crippen LogP contribution is 2.27. The molecule has 4 nitrogen and oxygen atoms in total. The Morgan fingerprint density at radius 2 is 1.85 bits per heavy atom. The van der Waals surface area contributed by atoms with Gasteiger partial charge in [0.15, 0.2) is 0 Å². The van der Waals surface area contributed by atoms with Crippen molar-refractivity contribution in [1.29, 1.82) is 0 Å². The van der Waals surface area contributed by atoms with Crippen LogP contribution in [0.4, 0.5) is 0 Å². The highest BCUT2D eigenvalue weighted by atomic mass is 32.2. The van der Waals surface area contributed by atoms with Crippen LogP contribution >= 0.6 is 11.8 Å². The van der Waals surface area contributed by atoms with Crippen molar-refractivity contribution in [3.05, 3.63) is 29.3 Å². The van der Waals surface area contributed by atoms with E-state index in [0.29, 0.717) is 17.4 Å². The lowest BCUT2D eigenvalue weighted by atomic mass is 9.92. The Hall–Kier alpha value is -0.560. The number of hydrogen-bond donors (Lipinski definition) is 1. The minimum Gasteiger partial charge on any atom is -0.300 e. The summed E-state index contributed by atoms with van der Waals surface area (Å²) in [4.78, 5) is 3.06. The maximum absolute atomic E-state index is 12.7. The molecule has 2 aliphatic heterocycles. The topological polar surface area (TPSA) is 49.4 Å². The van der Waals surface area contributed by atoms with E-state index in [4.69, 9.17) is 0 Å². The number of hydrogen-bond acceptors (Lipinski definition) is 4. The first-order valence-corrected chi connectivity index (χ1v) is 12.7. The second-order valence-electron chi connectivity index (χ2n) is 7.99. The molecule has 1 aromatic rings. The summed E-state index contributed by atoms with van der Waals surface area (Å²) in [5, 5.41) is 0. The van der Waals surface area contributed by atoms with Crippen LogP contribution in [0.5, 0.6) is 0 Å². The Bertz CT molecular complexity index is 721. The lowest BCUT2D eigenvalue weighted by Crippen LogP contribution is -2.43. The molecular formula is C20H30N2O2S2. The number of piperidine rings is 1. The molecule has 1 aliphatic carbocycles. The number of benzene rings is 1. The summed E-state index contributed by atoms with van der Waals surface area (Å²) in [6, 6.07) is 6.46. The molecule has 2 heterocycles. The van der Waals surface area contributed by atoms with E-state index in [9.17, 15) is 8.42 Å². The standard InChI is InChI=1S/C20H30N2O2S2/c23-26(24,20-6-5-17-3-1-2-4-18(17)13-20)21-14-16-7-10-22(11-8-16)19-9-12-25-15-19/h5-6,13,16,19,21H,1-4,7-12,14-15H2/t19-/m0/s1. The van der Waals surface area contributed by atoms with E-state index >= 15 is 0 Å². The minimum atomic E-state index is -3.39. The van der Waals surface area contributed by atoms with Gasteiger partial charge in [0, 0.05) is 18.3 Å². The number of likely N-dealkylation sites (tertiary alicyclic amines) is 1. The molecular weight excluding hydrogens is 364 g/mol. The van der Waals surface area contributed by atoms with Crippen LogP contribution in [-0.2, 0) is 22.9 Å². The Balaban J connectivity index is 1.31. The summed E-state index contributed by atoms with van der Waals surface area (Å²) in [5.74, 6) is 3.04. The van der Waals surface area contributed by atoms with Crippen molar-refractivity contribution in [2.24, 2.45) is 5.92 Å². The van der Waals surface area contributed by atoms with Crippen LogP contribution in [0.1, 0.15) is 43.2 Å². The molecule has 2 saturated heterocycles. The third kappa shape index (κ3) is 4.29. The van der Waals surface area contributed by atoms with Crippen molar-refractivity contribution in [2.45, 2.75) is 55.9 Å². The lowest BCUT2D eigenvalue weighted by molar-refractivity contribution is 0.145. The van der Waals surface area contributed by atoms with Gasteiger partial charge in [-0.05, 0) is 93.0 Å². The van der Waals surface area contributed by atoms with Crippen molar-refractivity contribution in [2.75, 3.05) is 31.1 Å². The molecule has 0 bridgehead atoms. The third-order valence-electron chi connectivity index (χ3n) is 6.26. The number of sulfonamides is 1. The number of fused-ring (bicyclic) bond motifs is 1. The summed E-state index contributed by atoms with van der Waals surface area (Å²) in [6.07, 6.45) is 8.01. The molecule has 0 saturated carbocycles. The quantitative estimate of drug-likeness (QED) is 0.834. The first-order chi connectivity index (χ1) is 12.6. The van der Waals surface area contributed by atoms with Gasteiger partial charge in [-0.1, -0.05) is 6.07 Å². The van der Waals surface area contributed by atoms with E-state index in [-0.39, 0.29) is 0 Å². The van der Waals surface area contributed by atoms with Crippen molar-refractivity contribution >= 4 is 21.8 Å². The van der Waals surface area contributed by atoms with Crippen molar-refractivity contribution in [3.63, 3.8) is 0 Å². The fourth-order valence-corrected chi connectivity index (χ4v) is 6.94. The summed E-state index contributed by atoms with van der Waals surface area (Å²) >= 11 is 2.06. The first-order valence-electron chi connectivity index (χ1n) is 10.0. The molecule has 0 aromatic heterocycles. The van der Waals surface area contributed by atoms with Crippen LogP contribution < -0.4 is 4.72 Å². The summed E-state index contributed by atoms with van der Waals surface area (Å²) in [7, 11) is -3.39. The molecule has 1 aromatic carbocycles. The zero-order valence-corrected chi connectivity index (χ0v) is 17.1. The molecule has 1 atom stereocenters. The predicted octanol–water partition coefficient (Wildman–Crippen LogP) is 3.06. The van der Waals surface area contributed by atoms with Gasteiger partial charge >= 0.3 is 0 Å². The van der Waals surface area contributed by atoms with Crippen LogP contribution in [0.25, 0.3) is 0 Å². The van der Waals surface area contributed by atoms with Crippen LogP contribution in [0, 0.1) is 5.92 Å². The SMILES string of the molecule is O=S(=O)(NCC1CCN([C@H]2CCSC2)CC1)c1ccc2c(c1)CCCC2. The Morgan fingerprint density at radius 3 is 2.58 bits per heavy atom. The third-order valence-corrected chi connectivity index (χ3v) is 8.83. The first kappa shape index (κ1) is 18.8. The molecule has 1 N–H and O–H groups in total. The number of thioether (sulfide) groups is 1. The fourth-order valence-electron chi connectivity index (χ4n) is 4.52. The van der Waals surface area contributed by atoms with Crippen molar-refractivity contribution in [3.8, 4) is 0 Å². The summed E-state index contributed by atoms with van der Waals surface area (Å²) in [6.45, 7) is 2.82. The molecule has 6 heteroatoms. The smallest absolute Gasteiger partial charge is 0.240 e. The number of nitrogens with one attached hydrogen (secondary N) is 1. The van der Waals surface area contributed by atoms with Gasteiger partial charge in [-0.2, -0.15) is 11.8 Å². The van der Waals surface area contributed by atoms with Crippen LogP contribution in [0.15, 0.2) is 23.1 Å². The second kappa shape index (κ2) is 8.21. The summed E-state index contributed by atoms with van der Waals surface area (Å²) in [5.41, 5.74) is 2.55. The minimum absolute atomic E-state index is 0.443. The lowest BCUT2D eigenvalue weighted by Gasteiger charge is -2.35. The van der Waals surface area contributed by atoms with E-state index < -0.39 is 10.0 Å². The fraction of sp³-hybridized carbons (Fsp3) is 0.700. The van der Waals surface area contributed by atoms with Crippen LogP contribution in [0.3, 0.4) is 0 Å². The van der Waals surface area contributed by atoms with E-state index in [2.05, 4.69) is 21.4 Å². The van der Waals surface area contributed by atoms with Gasteiger partial charge < -0.3 is 0 Å². The van der Waals surface area contributed by atoms with Crippen molar-refractivity contribution < 1.29 is 8.42 Å². The Morgan fingerprint density at radius 1 is 1.08 bits per heavy atom. The molecule has 26 heavy (non-hydrogen) atoms. The van der Waals surface area contributed by atoms with Gasteiger partial charge in [-0.15, -0.1) is 0 Å². The van der Waals surface area contributed by atoms with Gasteiger partial charge in [0.2, 0.25) is 10.0 Å². The predicted molar refractivity (Wildman–Crippen MR) is 108 cm³/mol. The van der Waals surface area contributed by atoms with E-state index in [1.165, 1.54) is 41.9 Å². The van der Waals surface area contributed by atoms with Crippen molar-refractivity contribution in [1.82, 2.24) is 9.62 Å². The average Bonchev–Trinajstić information content (AvgIpc) is 3.21. The zero-order valence-electron chi connectivity index (χ0n) is 15.5. The average molecular weight is 395 g/mol. The maximum Gasteiger partial charge on any atom is 0.240 e. The number of rotatable bonds is 5. The van der Waals surface area contributed by atoms with Gasteiger partial charge in [0.25, 0.3) is 0 Å². The highest BCUT2D eigenvalue weighted by molar-refractivity contribution is 7.99. The molecule has 0 amide bonds. The van der Waals surface area contributed by atoms with E-state index in [0.717, 1.165) is 44.8 Å².